The molecule has 7 heteroatoms. The monoisotopic (exact) mass is 406 g/mol. The summed E-state index contributed by atoms with van der Waals surface area (Å²) < 4.78 is 0. The van der Waals surface area contributed by atoms with E-state index in [2.05, 4.69) is 37.3 Å². The summed E-state index contributed by atoms with van der Waals surface area (Å²) in [6.45, 7) is 8.96. The molecule has 28 heavy (non-hydrogen) atoms. The summed E-state index contributed by atoms with van der Waals surface area (Å²) in [6, 6.07) is 4.13. The molecule has 2 aliphatic rings. The molecular formula is C21H35ClN6. The Labute approximate surface area is 174 Å². The van der Waals surface area contributed by atoms with Crippen LogP contribution in [0.25, 0.3) is 0 Å². The van der Waals surface area contributed by atoms with E-state index < -0.39 is 0 Å². The zero-order valence-corrected chi connectivity index (χ0v) is 18.1. The van der Waals surface area contributed by atoms with Gasteiger partial charge in [0, 0.05) is 38.9 Å². The van der Waals surface area contributed by atoms with Gasteiger partial charge in [-0.25, -0.2) is 4.98 Å². The number of guanidine groups is 1. The molecule has 0 saturated carbocycles. The van der Waals surface area contributed by atoms with Crippen molar-refractivity contribution < 1.29 is 0 Å². The normalized spacial score (nSPS) is 21.9. The number of anilines is 1. The van der Waals surface area contributed by atoms with E-state index >= 15 is 0 Å². The Morgan fingerprint density at radius 3 is 2.82 bits per heavy atom. The van der Waals surface area contributed by atoms with Crippen LogP contribution in [0.1, 0.15) is 39.0 Å². The van der Waals surface area contributed by atoms with E-state index in [9.17, 15) is 0 Å². The predicted octanol–water partition coefficient (Wildman–Crippen LogP) is 2.99. The average Bonchev–Trinajstić information content (AvgIpc) is 3.17. The topological polar surface area (TPSA) is 55.8 Å². The van der Waals surface area contributed by atoms with Gasteiger partial charge in [0.1, 0.15) is 5.82 Å². The first-order valence-electron chi connectivity index (χ1n) is 10.7. The number of unbranched alkanes of at least 4 members (excludes halogenated alkanes) is 1. The van der Waals surface area contributed by atoms with Crippen LogP contribution in [0, 0.1) is 5.92 Å². The van der Waals surface area contributed by atoms with E-state index in [4.69, 9.17) is 11.6 Å². The van der Waals surface area contributed by atoms with Crippen molar-refractivity contribution in [2.75, 3.05) is 51.2 Å². The minimum atomic E-state index is 0.361. The maximum atomic E-state index is 6.28. The molecule has 0 spiro atoms. The molecule has 0 radical (unpaired) electrons. The van der Waals surface area contributed by atoms with E-state index in [1.165, 1.54) is 45.3 Å². The molecule has 1 aromatic heterocycles. The van der Waals surface area contributed by atoms with Gasteiger partial charge >= 0.3 is 0 Å². The van der Waals surface area contributed by atoms with Crippen LogP contribution in [-0.2, 0) is 0 Å². The van der Waals surface area contributed by atoms with Crippen molar-refractivity contribution in [3.8, 4) is 0 Å². The third-order valence-corrected chi connectivity index (χ3v) is 6.16. The number of piperidine rings is 1. The second kappa shape index (κ2) is 10.9. The molecule has 0 aromatic carbocycles. The van der Waals surface area contributed by atoms with Crippen LogP contribution in [-0.4, -0.2) is 68.2 Å². The van der Waals surface area contributed by atoms with Crippen LogP contribution < -0.4 is 15.5 Å². The Hall–Kier alpha value is -1.53. The Kier molecular flexibility index (Phi) is 8.22. The number of hydrogen-bond donors (Lipinski definition) is 2. The molecule has 0 aliphatic carbocycles. The molecule has 2 aliphatic heterocycles. The molecule has 156 valence electrons. The molecule has 3 heterocycles. The quantitative estimate of drug-likeness (QED) is 0.414. The van der Waals surface area contributed by atoms with Gasteiger partial charge in [0.25, 0.3) is 0 Å². The van der Waals surface area contributed by atoms with Crippen molar-refractivity contribution in [3.63, 3.8) is 0 Å². The fourth-order valence-electron chi connectivity index (χ4n) is 4.02. The number of aromatic nitrogens is 1. The predicted molar refractivity (Wildman–Crippen MR) is 118 cm³/mol. The minimum absolute atomic E-state index is 0.361. The lowest BCUT2D eigenvalue weighted by Gasteiger charge is -2.30. The fraction of sp³-hybridized carbons (Fsp3) is 0.714. The first kappa shape index (κ1) is 21.2. The lowest BCUT2D eigenvalue weighted by atomic mass is 9.99. The van der Waals surface area contributed by atoms with Crippen molar-refractivity contribution in [1.82, 2.24) is 20.5 Å². The lowest BCUT2D eigenvalue weighted by molar-refractivity contribution is 0.189. The summed E-state index contributed by atoms with van der Waals surface area (Å²) in [5.74, 6) is 2.68. The number of hydrogen-bond acceptors (Lipinski definition) is 4. The Morgan fingerprint density at radius 2 is 2.07 bits per heavy atom. The SMILES string of the molecule is CN=C(NCCCCN1CCC(C)CC1)NC1CCN(c2ncccc2Cl)C1. The van der Waals surface area contributed by atoms with Crippen molar-refractivity contribution in [2.24, 2.45) is 10.9 Å². The average molecular weight is 407 g/mol. The maximum absolute atomic E-state index is 6.28. The summed E-state index contributed by atoms with van der Waals surface area (Å²) in [5, 5.41) is 7.73. The van der Waals surface area contributed by atoms with E-state index in [0.717, 1.165) is 43.8 Å². The molecule has 1 unspecified atom stereocenters. The zero-order chi connectivity index (χ0) is 19.8. The second-order valence-electron chi connectivity index (χ2n) is 8.12. The van der Waals surface area contributed by atoms with Crippen molar-refractivity contribution in [3.05, 3.63) is 23.4 Å². The van der Waals surface area contributed by atoms with E-state index in [-0.39, 0.29) is 0 Å². The van der Waals surface area contributed by atoms with Crippen LogP contribution in [0.4, 0.5) is 5.82 Å². The summed E-state index contributed by atoms with van der Waals surface area (Å²) >= 11 is 6.28. The first-order valence-corrected chi connectivity index (χ1v) is 11.1. The maximum Gasteiger partial charge on any atom is 0.191 e. The van der Waals surface area contributed by atoms with Gasteiger partial charge in [-0.05, 0) is 69.8 Å². The lowest BCUT2D eigenvalue weighted by Crippen LogP contribution is -2.45. The molecule has 0 amide bonds. The summed E-state index contributed by atoms with van der Waals surface area (Å²) in [5.41, 5.74) is 0. The van der Waals surface area contributed by atoms with Crippen molar-refractivity contribution >= 4 is 23.4 Å². The molecule has 0 bridgehead atoms. The molecule has 2 fully saturated rings. The highest BCUT2D eigenvalue weighted by Gasteiger charge is 2.25. The second-order valence-corrected chi connectivity index (χ2v) is 8.52. The highest BCUT2D eigenvalue weighted by atomic mass is 35.5. The molecule has 1 aromatic rings. The van der Waals surface area contributed by atoms with Gasteiger partial charge in [0.15, 0.2) is 5.96 Å². The van der Waals surface area contributed by atoms with Gasteiger partial charge < -0.3 is 20.4 Å². The van der Waals surface area contributed by atoms with E-state index in [1.54, 1.807) is 6.20 Å². The van der Waals surface area contributed by atoms with Gasteiger partial charge in [-0.3, -0.25) is 4.99 Å². The number of nitrogens with one attached hydrogen (secondary N) is 2. The number of pyridine rings is 1. The first-order chi connectivity index (χ1) is 13.7. The van der Waals surface area contributed by atoms with Gasteiger partial charge in [0.2, 0.25) is 0 Å². The summed E-state index contributed by atoms with van der Waals surface area (Å²) in [7, 11) is 1.84. The van der Waals surface area contributed by atoms with Crippen LogP contribution in [0.15, 0.2) is 23.3 Å². The standard InChI is InChI=1S/C21H35ClN6/c1-17-7-13-27(14-8-17)12-4-3-10-25-21(23-2)26-18-9-15-28(16-18)20-19(22)6-5-11-24-20/h5-6,11,17-18H,3-4,7-10,12-16H2,1-2H3,(H2,23,25,26). The van der Waals surface area contributed by atoms with E-state index in [1.807, 2.05) is 19.2 Å². The molecule has 6 nitrogen and oxygen atoms in total. The van der Waals surface area contributed by atoms with E-state index in [0.29, 0.717) is 11.1 Å². The highest BCUT2D eigenvalue weighted by molar-refractivity contribution is 6.32. The fourth-order valence-corrected chi connectivity index (χ4v) is 4.26. The third-order valence-electron chi connectivity index (χ3n) is 5.86. The van der Waals surface area contributed by atoms with Crippen LogP contribution in [0.2, 0.25) is 5.02 Å². The van der Waals surface area contributed by atoms with Gasteiger partial charge in [0.05, 0.1) is 5.02 Å². The Morgan fingerprint density at radius 1 is 1.25 bits per heavy atom. The number of likely N-dealkylation sites (tertiary alicyclic amines) is 1. The number of halogens is 1. The number of nitrogens with zero attached hydrogens (tertiary/aromatic N) is 4. The Bertz CT molecular complexity index is 629. The zero-order valence-electron chi connectivity index (χ0n) is 17.3. The number of aliphatic imine (C=N–C) groups is 1. The largest absolute Gasteiger partial charge is 0.356 e. The van der Waals surface area contributed by atoms with Crippen molar-refractivity contribution in [1.29, 1.82) is 0 Å². The van der Waals surface area contributed by atoms with Crippen LogP contribution in [0.3, 0.4) is 0 Å². The van der Waals surface area contributed by atoms with Crippen LogP contribution in [0.5, 0.6) is 0 Å². The van der Waals surface area contributed by atoms with Gasteiger partial charge in [-0.2, -0.15) is 0 Å². The smallest absolute Gasteiger partial charge is 0.191 e. The van der Waals surface area contributed by atoms with Crippen molar-refractivity contribution in [2.45, 2.75) is 45.1 Å². The van der Waals surface area contributed by atoms with Gasteiger partial charge in [-0.1, -0.05) is 18.5 Å². The number of rotatable bonds is 7. The third kappa shape index (κ3) is 6.24. The molecule has 2 saturated heterocycles. The molecule has 1 atom stereocenters. The highest BCUT2D eigenvalue weighted by Crippen LogP contribution is 2.25. The Balaban J connectivity index is 1.32. The summed E-state index contributed by atoms with van der Waals surface area (Å²) in [4.78, 5) is 13.7. The molecule has 2 N–H and O–H groups in total. The van der Waals surface area contributed by atoms with Gasteiger partial charge in [-0.15, -0.1) is 0 Å². The van der Waals surface area contributed by atoms with Crippen LogP contribution >= 0.6 is 11.6 Å². The summed E-state index contributed by atoms with van der Waals surface area (Å²) in [6.07, 6.45) is 7.99. The minimum Gasteiger partial charge on any atom is -0.356 e. The molecule has 3 rings (SSSR count). The molecular weight excluding hydrogens is 372 g/mol.